The number of hydrogen-bond acceptors (Lipinski definition) is 4. The van der Waals surface area contributed by atoms with E-state index in [-0.39, 0.29) is 11.6 Å². The summed E-state index contributed by atoms with van der Waals surface area (Å²) < 4.78 is 5.98. The minimum Gasteiger partial charge on any atom is -0.475 e. The topological polar surface area (TPSA) is 71.1 Å². The molecule has 0 aliphatic carbocycles. The lowest BCUT2D eigenvalue weighted by Crippen LogP contribution is -2.22. The molecule has 0 aliphatic rings. The van der Waals surface area contributed by atoms with Gasteiger partial charge >= 0.3 is 0 Å². The molecule has 1 aromatic rings. The monoisotopic (exact) mass is 183 g/mol. The van der Waals surface area contributed by atoms with Crippen molar-refractivity contribution in [3.8, 4) is 5.88 Å². The second kappa shape index (κ2) is 3.47. The lowest BCUT2D eigenvalue weighted by molar-refractivity contribution is 0.153. The Morgan fingerprint density at radius 2 is 2.23 bits per heavy atom. The third kappa shape index (κ3) is 2.21. The number of nitrogens with one attached hydrogen (secondary N) is 1. The first-order chi connectivity index (χ1) is 6.00. The van der Waals surface area contributed by atoms with Crippen LogP contribution in [0.2, 0.25) is 0 Å². The van der Waals surface area contributed by atoms with Gasteiger partial charge in [0.25, 0.3) is 0 Å². The molecule has 1 rings (SSSR count). The van der Waals surface area contributed by atoms with Gasteiger partial charge in [0.2, 0.25) is 5.88 Å². The second-order valence-corrected chi connectivity index (χ2v) is 3.01. The van der Waals surface area contributed by atoms with Crippen molar-refractivity contribution in [2.45, 2.75) is 26.9 Å². The quantitative estimate of drug-likeness (QED) is 0.663. The summed E-state index contributed by atoms with van der Waals surface area (Å²) in [7, 11) is 0. The van der Waals surface area contributed by atoms with Gasteiger partial charge in [-0.25, -0.2) is 0 Å². The van der Waals surface area contributed by atoms with Crippen LogP contribution in [0.5, 0.6) is 5.88 Å². The minimum absolute atomic E-state index is 0.0147. The molecule has 5 nitrogen and oxygen atoms in total. The molecule has 0 fully saturated rings. The average Bonchev–Trinajstić information content (AvgIpc) is 1.98. The predicted molar refractivity (Wildman–Crippen MR) is 45.8 cm³/mol. The van der Waals surface area contributed by atoms with Gasteiger partial charge in [0.15, 0.2) is 5.49 Å². The van der Waals surface area contributed by atoms with Gasteiger partial charge in [0.05, 0.1) is 6.10 Å². The van der Waals surface area contributed by atoms with Crippen LogP contribution in [0, 0.1) is 12.3 Å². The van der Waals surface area contributed by atoms with Crippen LogP contribution < -0.4 is 10.2 Å². The number of aryl methyl sites for hydroxylation is 1. The van der Waals surface area contributed by atoms with E-state index in [0.29, 0.717) is 16.4 Å². The van der Waals surface area contributed by atoms with Gasteiger partial charge in [0.1, 0.15) is 5.82 Å². The van der Waals surface area contributed by atoms with Crippen molar-refractivity contribution in [1.29, 1.82) is 5.41 Å². The standard InChI is InChI=1S/C8H13N3O2/c1-5(2)13-8-4-7(9)11(12)6(3)10-8/h4-5,9,12H,1-3H3. The largest absolute Gasteiger partial charge is 0.475 e. The summed E-state index contributed by atoms with van der Waals surface area (Å²) in [6.45, 7) is 5.35. The molecular formula is C8H13N3O2. The van der Waals surface area contributed by atoms with E-state index in [1.165, 1.54) is 6.07 Å². The summed E-state index contributed by atoms with van der Waals surface area (Å²) in [4.78, 5) is 3.94. The summed E-state index contributed by atoms with van der Waals surface area (Å²) in [5.41, 5.74) is -0.0387. The molecule has 0 unspecified atom stereocenters. The number of ether oxygens (including phenoxy) is 1. The van der Waals surface area contributed by atoms with Crippen molar-refractivity contribution >= 4 is 0 Å². The van der Waals surface area contributed by atoms with Crippen LogP contribution in [0.15, 0.2) is 6.07 Å². The van der Waals surface area contributed by atoms with Gasteiger partial charge in [-0.3, -0.25) is 5.41 Å². The van der Waals surface area contributed by atoms with Crippen LogP contribution in [0.1, 0.15) is 19.7 Å². The molecule has 1 heterocycles. The molecule has 0 saturated carbocycles. The van der Waals surface area contributed by atoms with E-state index in [9.17, 15) is 5.21 Å². The van der Waals surface area contributed by atoms with Crippen molar-refractivity contribution in [1.82, 2.24) is 9.71 Å². The first-order valence-corrected chi connectivity index (χ1v) is 4.02. The van der Waals surface area contributed by atoms with E-state index < -0.39 is 0 Å². The highest BCUT2D eigenvalue weighted by Gasteiger charge is 2.03. The van der Waals surface area contributed by atoms with Crippen LogP contribution in [-0.4, -0.2) is 21.0 Å². The highest BCUT2D eigenvalue weighted by Crippen LogP contribution is 2.04. The molecule has 0 aliphatic heterocycles. The average molecular weight is 183 g/mol. The van der Waals surface area contributed by atoms with Gasteiger partial charge in [-0.2, -0.15) is 9.71 Å². The summed E-state index contributed by atoms with van der Waals surface area (Å²) in [5.74, 6) is 0.700. The molecule has 2 N–H and O–H groups in total. The van der Waals surface area contributed by atoms with Crippen LogP contribution in [0.4, 0.5) is 0 Å². The number of nitrogens with zero attached hydrogens (tertiary/aromatic N) is 2. The number of aromatic nitrogens is 2. The van der Waals surface area contributed by atoms with Crippen LogP contribution in [-0.2, 0) is 0 Å². The van der Waals surface area contributed by atoms with Crippen LogP contribution >= 0.6 is 0 Å². The Morgan fingerprint density at radius 3 is 2.69 bits per heavy atom. The van der Waals surface area contributed by atoms with Gasteiger partial charge in [-0.15, -0.1) is 0 Å². The zero-order chi connectivity index (χ0) is 10.0. The molecule has 1 aromatic heterocycles. The highest BCUT2D eigenvalue weighted by atomic mass is 16.5. The van der Waals surface area contributed by atoms with E-state index in [1.807, 2.05) is 13.8 Å². The smallest absolute Gasteiger partial charge is 0.219 e. The summed E-state index contributed by atoms with van der Waals surface area (Å²) in [6.07, 6.45) is 0.0147. The molecular weight excluding hydrogens is 170 g/mol. The first kappa shape index (κ1) is 9.57. The fourth-order valence-corrected chi connectivity index (χ4v) is 0.893. The molecule has 0 saturated heterocycles. The Morgan fingerprint density at radius 1 is 1.62 bits per heavy atom. The van der Waals surface area contributed by atoms with Gasteiger partial charge in [0, 0.05) is 6.07 Å². The maximum Gasteiger partial charge on any atom is 0.219 e. The Hall–Kier alpha value is -1.52. The van der Waals surface area contributed by atoms with Crippen LogP contribution in [0.3, 0.4) is 0 Å². The fraction of sp³-hybridized carbons (Fsp3) is 0.500. The van der Waals surface area contributed by atoms with Crippen molar-refractivity contribution in [3.05, 3.63) is 17.4 Å². The summed E-state index contributed by atoms with van der Waals surface area (Å²) in [5, 5.41) is 16.5. The Bertz CT molecular complexity index is 357. The lowest BCUT2D eigenvalue weighted by Gasteiger charge is -2.09. The molecule has 0 spiro atoms. The normalized spacial score (nSPS) is 10.5. The lowest BCUT2D eigenvalue weighted by atomic mass is 10.5. The van der Waals surface area contributed by atoms with Gasteiger partial charge in [-0.1, -0.05) is 0 Å². The van der Waals surface area contributed by atoms with E-state index in [0.717, 1.165) is 0 Å². The zero-order valence-electron chi connectivity index (χ0n) is 7.90. The van der Waals surface area contributed by atoms with Crippen LogP contribution in [0.25, 0.3) is 0 Å². The van der Waals surface area contributed by atoms with E-state index in [4.69, 9.17) is 10.1 Å². The van der Waals surface area contributed by atoms with E-state index >= 15 is 0 Å². The SMILES string of the molecule is Cc1nc(OC(C)C)cc(=N)n1O. The molecule has 0 aromatic carbocycles. The molecule has 72 valence electrons. The maximum absolute atomic E-state index is 9.18. The zero-order valence-corrected chi connectivity index (χ0v) is 7.90. The molecule has 13 heavy (non-hydrogen) atoms. The third-order valence-corrected chi connectivity index (χ3v) is 1.42. The highest BCUT2D eigenvalue weighted by molar-refractivity contribution is 5.08. The first-order valence-electron chi connectivity index (χ1n) is 4.02. The van der Waals surface area contributed by atoms with Crippen molar-refractivity contribution in [2.24, 2.45) is 0 Å². The molecule has 0 atom stereocenters. The Balaban J connectivity index is 3.06. The van der Waals surface area contributed by atoms with Crippen molar-refractivity contribution in [2.75, 3.05) is 0 Å². The summed E-state index contributed by atoms with van der Waals surface area (Å²) >= 11 is 0. The third-order valence-electron chi connectivity index (χ3n) is 1.42. The minimum atomic E-state index is -0.0387. The second-order valence-electron chi connectivity index (χ2n) is 3.01. The molecule has 0 bridgehead atoms. The maximum atomic E-state index is 9.18. The van der Waals surface area contributed by atoms with E-state index in [1.54, 1.807) is 6.92 Å². The van der Waals surface area contributed by atoms with Crippen molar-refractivity contribution < 1.29 is 9.94 Å². The number of rotatable bonds is 2. The van der Waals surface area contributed by atoms with Gasteiger partial charge in [-0.05, 0) is 20.8 Å². The summed E-state index contributed by atoms with van der Waals surface area (Å²) in [6, 6.07) is 1.37. The fourth-order valence-electron chi connectivity index (χ4n) is 0.893. The molecule has 0 radical (unpaired) electrons. The van der Waals surface area contributed by atoms with Gasteiger partial charge < -0.3 is 9.94 Å². The molecule has 5 heteroatoms. The Kier molecular flexibility index (Phi) is 2.55. The Labute approximate surface area is 76.1 Å². The predicted octanol–water partition coefficient (Wildman–Crippen LogP) is 0.695. The van der Waals surface area contributed by atoms with E-state index in [2.05, 4.69) is 4.98 Å². The molecule has 0 amide bonds. The number of hydrogen-bond donors (Lipinski definition) is 2. The van der Waals surface area contributed by atoms with Crippen molar-refractivity contribution in [3.63, 3.8) is 0 Å².